The van der Waals surface area contributed by atoms with Crippen molar-refractivity contribution in [2.75, 3.05) is 0 Å². The van der Waals surface area contributed by atoms with E-state index in [2.05, 4.69) is 120 Å². The minimum atomic E-state index is -1.63. The first-order valence-electron chi connectivity index (χ1n) is 20.4. The summed E-state index contributed by atoms with van der Waals surface area (Å²) in [6, 6.07) is 8.00. The molecule has 1 aromatic rings. The van der Waals surface area contributed by atoms with E-state index < -0.39 is 42.0 Å². The molecular weight excluding hydrogens is 697 g/mol. The molecule has 53 heavy (non-hydrogen) atoms. The highest BCUT2D eigenvalue weighted by Crippen LogP contribution is 2.53. The summed E-state index contributed by atoms with van der Waals surface area (Å²) < 4.78 is 33.0. The zero-order valence-corrected chi connectivity index (χ0v) is 38.0. The first-order chi connectivity index (χ1) is 24.5. The molecule has 0 amide bonds. The van der Waals surface area contributed by atoms with Gasteiger partial charge in [0.2, 0.25) is 0 Å². The second-order valence-electron chi connectivity index (χ2n) is 19.8. The van der Waals surface area contributed by atoms with Gasteiger partial charge in [0, 0.05) is 17.8 Å². The van der Waals surface area contributed by atoms with Gasteiger partial charge in [-0.2, -0.15) is 0 Å². The van der Waals surface area contributed by atoms with Gasteiger partial charge >= 0.3 is 11.9 Å². The Balaban J connectivity index is 1.70. The van der Waals surface area contributed by atoms with Gasteiger partial charge in [-0.25, -0.2) is 9.59 Å². The van der Waals surface area contributed by atoms with Gasteiger partial charge in [-0.3, -0.25) is 0 Å². The van der Waals surface area contributed by atoms with E-state index in [0.29, 0.717) is 25.7 Å². The molecule has 9 heteroatoms. The van der Waals surface area contributed by atoms with E-state index in [-0.39, 0.29) is 58.0 Å². The normalized spacial score (nSPS) is 30.1. The van der Waals surface area contributed by atoms with Gasteiger partial charge in [-0.1, -0.05) is 113 Å². The van der Waals surface area contributed by atoms with Gasteiger partial charge in [0.1, 0.15) is 24.1 Å². The molecule has 0 radical (unpaired) electrons. The van der Waals surface area contributed by atoms with Crippen molar-refractivity contribution in [1.82, 2.24) is 0 Å². The molecule has 1 aliphatic heterocycles. The number of hydrogen-bond acceptors (Lipinski definition) is 7. The Bertz CT molecular complexity index is 1480. The van der Waals surface area contributed by atoms with Crippen LogP contribution in [-0.2, 0) is 33.3 Å². The second kappa shape index (κ2) is 16.9. The molecule has 0 saturated carbocycles. The molecule has 298 valence electrons. The summed E-state index contributed by atoms with van der Waals surface area (Å²) in [5.41, 5.74) is 1.32. The first kappa shape index (κ1) is 43.5. The van der Waals surface area contributed by atoms with Crippen LogP contribution in [0.4, 0.5) is 0 Å². The third kappa shape index (κ3) is 10.4. The maximum Gasteiger partial charge on any atom is 0.347 e. The van der Waals surface area contributed by atoms with Crippen LogP contribution in [0.3, 0.4) is 0 Å². The van der Waals surface area contributed by atoms with Crippen molar-refractivity contribution in [2.24, 2.45) is 34.5 Å². The van der Waals surface area contributed by atoms with Crippen LogP contribution in [0.15, 0.2) is 48.1 Å². The van der Waals surface area contributed by atoms with Crippen molar-refractivity contribution in [3.05, 3.63) is 53.6 Å². The van der Waals surface area contributed by atoms with Crippen LogP contribution in [-0.4, -0.2) is 60.0 Å². The molecule has 2 unspecified atom stereocenters. The largest absolute Gasteiger partial charge is 0.478 e. The lowest BCUT2D eigenvalue weighted by Gasteiger charge is -2.54. The summed E-state index contributed by atoms with van der Waals surface area (Å²) in [6.07, 6.45) is 8.33. The van der Waals surface area contributed by atoms with Crippen molar-refractivity contribution >= 4 is 30.0 Å². The lowest BCUT2D eigenvalue weighted by molar-refractivity contribution is -0.180. The monoisotopic (exact) mass is 768 g/mol. The van der Waals surface area contributed by atoms with Crippen LogP contribution in [0.5, 0.6) is 5.75 Å². The van der Waals surface area contributed by atoms with Gasteiger partial charge in [-0.05, 0) is 97.7 Å². The van der Waals surface area contributed by atoms with Gasteiger partial charge in [0.05, 0.1) is 5.60 Å². The zero-order chi connectivity index (χ0) is 39.7. The molecule has 0 aromatic heterocycles. The summed E-state index contributed by atoms with van der Waals surface area (Å²) in [4.78, 5) is 27.9. The molecule has 4 rings (SSSR count). The molecule has 9 atom stereocenters. The topological polar surface area (TPSA) is 80.3 Å². The van der Waals surface area contributed by atoms with Crippen LogP contribution in [0.2, 0.25) is 26.2 Å². The fraction of sp³-hybridized carbons (Fsp3) is 0.727. The number of carbonyl (C=O) groups excluding carboxylic acids is 2. The van der Waals surface area contributed by atoms with Gasteiger partial charge < -0.3 is 23.1 Å². The number of para-hydroxylation sites is 1. The van der Waals surface area contributed by atoms with Crippen molar-refractivity contribution in [2.45, 2.75) is 170 Å². The molecule has 7 nitrogen and oxygen atoms in total. The summed E-state index contributed by atoms with van der Waals surface area (Å²) in [7, 11) is -3.09. The quantitative estimate of drug-likeness (QED) is 0.155. The van der Waals surface area contributed by atoms with E-state index in [1.165, 1.54) is 5.57 Å². The second-order valence-corrected chi connectivity index (χ2v) is 24.5. The molecule has 1 heterocycles. The van der Waals surface area contributed by atoms with Crippen LogP contribution in [0.25, 0.3) is 0 Å². The van der Waals surface area contributed by atoms with E-state index in [1.807, 2.05) is 25.1 Å². The standard InChI is InChI=1S/C44H72O7Si2/c1-16-34(48-35-20-18-17-19-32(35)42(6,7)8)39(45)49-36-26-30(41(3,4)5)25-29-22-21-28(2)44(37(29)36,51-53(14)15)24-23-31-27-33(43(9,10)11)38(40(46)47-31)50-52(12)13/h17-22,25,28,30-31,33-34,36-38,52-53H,16,23-24,26-27H2,1-15H3/t28-,30+,31+,33-,34?,36-,37+,38?,44-/m0/s1. The summed E-state index contributed by atoms with van der Waals surface area (Å²) in [5.74, 6) is 0.312. The lowest BCUT2D eigenvalue weighted by Crippen LogP contribution is -2.58. The summed E-state index contributed by atoms with van der Waals surface area (Å²) in [5, 5.41) is 0. The van der Waals surface area contributed by atoms with Crippen molar-refractivity contribution < 1.29 is 32.7 Å². The molecule has 1 fully saturated rings. The third-order valence-corrected chi connectivity index (χ3v) is 13.5. The van der Waals surface area contributed by atoms with E-state index in [4.69, 9.17) is 23.1 Å². The molecule has 0 N–H and O–H groups in total. The smallest absolute Gasteiger partial charge is 0.347 e. The minimum Gasteiger partial charge on any atom is -0.478 e. The van der Waals surface area contributed by atoms with E-state index in [0.717, 1.165) is 17.7 Å². The summed E-state index contributed by atoms with van der Waals surface area (Å²) >= 11 is 0. The highest BCUT2D eigenvalue weighted by molar-refractivity contribution is 6.49. The molecular formula is C44H72O7Si2. The van der Waals surface area contributed by atoms with Crippen molar-refractivity contribution in [3.63, 3.8) is 0 Å². The number of carbonyl (C=O) groups is 2. The number of fused-ring (bicyclic) bond motifs is 1. The summed E-state index contributed by atoms with van der Waals surface area (Å²) in [6.45, 7) is 32.7. The zero-order valence-electron chi connectivity index (χ0n) is 35.7. The predicted molar refractivity (Wildman–Crippen MR) is 220 cm³/mol. The Morgan fingerprint density at radius 2 is 1.62 bits per heavy atom. The van der Waals surface area contributed by atoms with Crippen molar-refractivity contribution in [3.8, 4) is 5.75 Å². The number of hydrogen-bond donors (Lipinski definition) is 0. The third-order valence-electron chi connectivity index (χ3n) is 11.7. The SMILES string of the molecule is CCC(Oc1ccccc1C(C)(C)C)C(=O)O[C@H]1C[C@H](C(C)(C)C)C=C2C=C[C@H](C)[C@](CC[C@@H]3C[C@H](C(C)(C)C)C(O[SiH](C)C)C(=O)O3)(O[SiH](C)C)[C@H]21. The maximum absolute atomic E-state index is 14.3. The van der Waals surface area contributed by atoms with E-state index in [9.17, 15) is 9.59 Å². The number of rotatable bonds is 12. The van der Waals surface area contributed by atoms with E-state index in [1.54, 1.807) is 0 Å². The Morgan fingerprint density at radius 1 is 0.962 bits per heavy atom. The fourth-order valence-corrected chi connectivity index (χ4v) is 11.0. The Labute approximate surface area is 325 Å². The van der Waals surface area contributed by atoms with Gasteiger partial charge in [0.15, 0.2) is 24.2 Å². The number of ether oxygens (including phenoxy) is 3. The molecule has 1 saturated heterocycles. The number of cyclic esters (lactones) is 1. The molecule has 0 bridgehead atoms. The van der Waals surface area contributed by atoms with Crippen LogP contribution >= 0.6 is 0 Å². The fourth-order valence-electron chi connectivity index (χ4n) is 8.77. The first-order valence-corrected chi connectivity index (χ1v) is 25.9. The molecule has 1 aromatic carbocycles. The molecule has 3 aliphatic rings. The van der Waals surface area contributed by atoms with Crippen LogP contribution < -0.4 is 4.74 Å². The number of benzene rings is 1. The van der Waals surface area contributed by atoms with Crippen molar-refractivity contribution in [1.29, 1.82) is 0 Å². The molecule has 0 spiro atoms. The average Bonchev–Trinajstić information content (AvgIpc) is 3.03. The number of allylic oxidation sites excluding steroid dienone is 2. The van der Waals surface area contributed by atoms with Gasteiger partial charge in [-0.15, -0.1) is 0 Å². The van der Waals surface area contributed by atoms with Crippen LogP contribution in [0.1, 0.15) is 114 Å². The highest BCUT2D eigenvalue weighted by atomic mass is 28.3. The molecule has 2 aliphatic carbocycles. The Morgan fingerprint density at radius 3 is 2.19 bits per heavy atom. The maximum atomic E-state index is 14.3. The highest BCUT2D eigenvalue weighted by Gasteiger charge is 2.55. The van der Waals surface area contributed by atoms with Gasteiger partial charge in [0.25, 0.3) is 0 Å². The van der Waals surface area contributed by atoms with E-state index >= 15 is 0 Å². The lowest BCUT2D eigenvalue weighted by atomic mass is 9.59. The Kier molecular flexibility index (Phi) is 13.9. The number of esters is 2. The van der Waals surface area contributed by atoms with Crippen LogP contribution in [0, 0.1) is 34.5 Å². The minimum absolute atomic E-state index is 0.0299. The Hall–Kier alpha value is -2.21. The predicted octanol–water partition coefficient (Wildman–Crippen LogP) is 9.73. The average molecular weight is 769 g/mol.